The predicted molar refractivity (Wildman–Crippen MR) is 69.4 cm³/mol. The van der Waals surface area contributed by atoms with Gasteiger partial charge < -0.3 is 14.7 Å². The maximum Gasteiger partial charge on any atom is 0.466 e. The minimum atomic E-state index is -4.67. The molecule has 0 aromatic heterocycles. The second-order valence-electron chi connectivity index (χ2n) is 3.25. The van der Waals surface area contributed by atoms with Crippen molar-refractivity contribution in [2.24, 2.45) is 0 Å². The molecular formula is C7H13O11PS2. The Morgan fingerprint density at radius 3 is 1.29 bits per heavy atom. The summed E-state index contributed by atoms with van der Waals surface area (Å²) in [6.07, 6.45) is 0. The van der Waals surface area contributed by atoms with Crippen molar-refractivity contribution in [2.75, 3.05) is 0 Å². The van der Waals surface area contributed by atoms with Crippen molar-refractivity contribution in [2.45, 2.75) is 11.8 Å². The molecule has 1 aromatic carbocycles. The molecule has 0 aliphatic rings. The molecule has 0 saturated carbocycles. The molecule has 0 atom stereocenters. The van der Waals surface area contributed by atoms with E-state index in [1.165, 1.54) is 12.1 Å². The molecule has 0 bridgehead atoms. The van der Waals surface area contributed by atoms with Gasteiger partial charge in [-0.25, -0.2) is 4.57 Å². The molecule has 0 heterocycles. The minimum absolute atomic E-state index is 0.0666. The van der Waals surface area contributed by atoms with E-state index < -0.39 is 28.3 Å². The fourth-order valence-electron chi connectivity index (χ4n) is 0.710. The van der Waals surface area contributed by atoms with Gasteiger partial charge in [-0.1, -0.05) is 17.7 Å². The topological polar surface area (TPSA) is 207 Å². The summed E-state index contributed by atoms with van der Waals surface area (Å²) >= 11 is 0. The fraction of sp³-hybridized carbons (Fsp3) is 0.143. The molecule has 1 rings (SSSR count). The standard InChI is InChI=1S/C7H8O3S.H3O4P.H2O4S/c1-6-2-4-7(5-3-6)11(8,9)10;2*1-5(2,3)4/h2-5H,1H3,(H,8,9,10);(H3,1,2,3,4);(H2,1,2,3,4). The average Bonchev–Trinajstić information content (AvgIpc) is 2.10. The second kappa shape index (κ2) is 8.53. The SMILES string of the molecule is Cc1ccc(S(=O)(=O)O)cc1.O=P(O)(O)O.O=S(=O)(O)O. The van der Waals surface area contributed by atoms with Gasteiger partial charge in [0.05, 0.1) is 4.90 Å². The van der Waals surface area contributed by atoms with Crippen LogP contribution in [0.15, 0.2) is 29.2 Å². The number of benzene rings is 1. The lowest BCUT2D eigenvalue weighted by Gasteiger charge is -1.95. The van der Waals surface area contributed by atoms with Gasteiger partial charge in [0.2, 0.25) is 0 Å². The van der Waals surface area contributed by atoms with Gasteiger partial charge in [0.25, 0.3) is 10.1 Å². The van der Waals surface area contributed by atoms with Gasteiger partial charge in [0.1, 0.15) is 0 Å². The van der Waals surface area contributed by atoms with E-state index in [1.54, 1.807) is 12.1 Å². The van der Waals surface area contributed by atoms with E-state index >= 15 is 0 Å². The van der Waals surface area contributed by atoms with Crippen molar-refractivity contribution in [1.82, 2.24) is 0 Å². The van der Waals surface area contributed by atoms with Crippen molar-refractivity contribution in [1.29, 1.82) is 0 Å². The van der Waals surface area contributed by atoms with Crippen LogP contribution in [-0.2, 0) is 25.1 Å². The van der Waals surface area contributed by atoms with Gasteiger partial charge in [-0.15, -0.1) is 0 Å². The Kier molecular flexibility index (Phi) is 9.09. The molecule has 0 unspecified atom stereocenters. The lowest BCUT2D eigenvalue weighted by molar-refractivity contribution is 0.275. The first-order chi connectivity index (χ1) is 9.00. The smallest absolute Gasteiger partial charge is 0.303 e. The highest BCUT2D eigenvalue weighted by Crippen LogP contribution is 2.25. The van der Waals surface area contributed by atoms with Crippen LogP contribution in [0.4, 0.5) is 0 Å². The first-order valence-corrected chi connectivity index (χ1v) is 8.92. The van der Waals surface area contributed by atoms with E-state index in [0.717, 1.165) is 5.56 Å². The predicted octanol–water partition coefficient (Wildman–Crippen LogP) is -0.340. The lowest BCUT2D eigenvalue weighted by atomic mass is 10.2. The van der Waals surface area contributed by atoms with Crippen molar-refractivity contribution < 1.29 is 49.7 Å². The summed E-state index contributed by atoms with van der Waals surface area (Å²) in [6.45, 7) is 1.84. The summed E-state index contributed by atoms with van der Waals surface area (Å²) in [4.78, 5) is 21.5. The van der Waals surface area contributed by atoms with Crippen LogP contribution >= 0.6 is 7.82 Å². The molecule has 0 fully saturated rings. The lowest BCUT2D eigenvalue weighted by Crippen LogP contribution is -1.96. The Hall–Kier alpha value is -0.890. The zero-order valence-corrected chi connectivity index (χ0v) is 12.8. The molecule has 6 N–H and O–H groups in total. The highest BCUT2D eigenvalue weighted by molar-refractivity contribution is 7.85. The monoisotopic (exact) mass is 368 g/mol. The number of rotatable bonds is 1. The first-order valence-electron chi connectivity index (χ1n) is 4.52. The zero-order chi connectivity index (χ0) is 17.5. The summed E-state index contributed by atoms with van der Waals surface area (Å²) in [7, 11) is -13.3. The molecule has 11 nitrogen and oxygen atoms in total. The van der Waals surface area contributed by atoms with Crippen molar-refractivity contribution in [3.8, 4) is 0 Å². The molecule has 0 aliphatic heterocycles. The van der Waals surface area contributed by atoms with Crippen LogP contribution in [0.3, 0.4) is 0 Å². The van der Waals surface area contributed by atoms with E-state index in [1.807, 2.05) is 6.92 Å². The maximum atomic E-state index is 10.5. The molecule has 1 aromatic rings. The molecule has 0 aliphatic carbocycles. The Morgan fingerprint density at radius 1 is 0.857 bits per heavy atom. The van der Waals surface area contributed by atoms with Gasteiger partial charge >= 0.3 is 18.2 Å². The summed E-state index contributed by atoms with van der Waals surface area (Å²) in [5.74, 6) is 0. The number of hydrogen-bond acceptors (Lipinski definition) is 5. The summed E-state index contributed by atoms with van der Waals surface area (Å²) in [5, 5.41) is 0. The van der Waals surface area contributed by atoms with Crippen molar-refractivity contribution >= 4 is 28.3 Å². The molecule has 21 heavy (non-hydrogen) atoms. The van der Waals surface area contributed by atoms with Gasteiger partial charge in [-0.3, -0.25) is 13.7 Å². The number of aryl methyl sites for hydroxylation is 1. The average molecular weight is 368 g/mol. The van der Waals surface area contributed by atoms with Crippen LogP contribution in [0.25, 0.3) is 0 Å². The fourth-order valence-corrected chi connectivity index (χ4v) is 1.19. The Balaban J connectivity index is 0. The van der Waals surface area contributed by atoms with Gasteiger partial charge in [0.15, 0.2) is 0 Å². The van der Waals surface area contributed by atoms with E-state index in [4.69, 9.17) is 41.3 Å². The zero-order valence-electron chi connectivity index (χ0n) is 10.3. The molecular weight excluding hydrogens is 355 g/mol. The molecule has 0 saturated heterocycles. The molecule has 124 valence electrons. The van der Waals surface area contributed by atoms with Crippen LogP contribution in [0, 0.1) is 6.92 Å². The highest BCUT2D eigenvalue weighted by atomic mass is 32.3. The van der Waals surface area contributed by atoms with Gasteiger partial charge in [-0.05, 0) is 19.1 Å². The third kappa shape index (κ3) is 24.5. The minimum Gasteiger partial charge on any atom is -0.303 e. The number of hydrogen-bond donors (Lipinski definition) is 6. The van der Waals surface area contributed by atoms with Gasteiger partial charge in [-0.2, -0.15) is 16.8 Å². The Morgan fingerprint density at radius 2 is 1.10 bits per heavy atom. The van der Waals surface area contributed by atoms with Crippen LogP contribution < -0.4 is 0 Å². The first kappa shape index (κ1) is 22.4. The van der Waals surface area contributed by atoms with Crippen LogP contribution in [-0.4, -0.2) is 45.2 Å². The van der Waals surface area contributed by atoms with Crippen LogP contribution in [0.1, 0.15) is 5.56 Å². The van der Waals surface area contributed by atoms with E-state index in [-0.39, 0.29) is 4.90 Å². The molecule has 0 radical (unpaired) electrons. The maximum absolute atomic E-state index is 10.5. The molecule has 0 amide bonds. The quantitative estimate of drug-likeness (QED) is 0.279. The second-order valence-corrected chi connectivity index (χ2v) is 6.59. The van der Waals surface area contributed by atoms with Crippen molar-refractivity contribution in [3.05, 3.63) is 29.8 Å². The van der Waals surface area contributed by atoms with E-state index in [0.29, 0.717) is 0 Å². The third-order valence-corrected chi connectivity index (χ3v) is 2.19. The van der Waals surface area contributed by atoms with Crippen molar-refractivity contribution in [3.63, 3.8) is 0 Å². The number of phosphoric acid groups is 1. The molecule has 14 heteroatoms. The normalized spacial score (nSPS) is 11.6. The largest absolute Gasteiger partial charge is 0.466 e. The van der Waals surface area contributed by atoms with E-state index in [2.05, 4.69) is 0 Å². The highest BCUT2D eigenvalue weighted by Gasteiger charge is 2.06. The summed E-state index contributed by atoms with van der Waals surface area (Å²) in [5.41, 5.74) is 0.956. The Bertz CT molecular complexity index is 654. The summed E-state index contributed by atoms with van der Waals surface area (Å²) in [6, 6.07) is 5.99. The van der Waals surface area contributed by atoms with E-state index in [9.17, 15) is 8.42 Å². The summed E-state index contributed by atoms with van der Waals surface area (Å²) < 4.78 is 70.0. The Labute approximate surface area is 120 Å². The molecule has 0 spiro atoms. The van der Waals surface area contributed by atoms with Crippen LogP contribution in [0.2, 0.25) is 0 Å². The van der Waals surface area contributed by atoms with Crippen LogP contribution in [0.5, 0.6) is 0 Å². The third-order valence-electron chi connectivity index (χ3n) is 1.32. The van der Waals surface area contributed by atoms with Gasteiger partial charge in [0, 0.05) is 0 Å².